The smallest absolute Gasteiger partial charge is 0.450 e. The minimum atomic E-state index is -1.50. The van der Waals surface area contributed by atoms with Crippen molar-refractivity contribution in [2.75, 3.05) is 6.61 Å². The SMILES string of the molecule is C=CC(=O)OCC(OC=CCCC)(OC1=CCCC1)OC1=CCCC1. The molecule has 0 radical (unpaired) electrons. The molecule has 0 N–H and O–H groups in total. The number of carbonyl (C=O) groups is 1. The molecule has 0 atom stereocenters. The maximum Gasteiger partial charge on any atom is 0.452 e. The van der Waals surface area contributed by atoms with E-state index >= 15 is 0 Å². The number of esters is 1. The first-order valence-corrected chi connectivity index (χ1v) is 9.05. The van der Waals surface area contributed by atoms with Crippen molar-refractivity contribution in [3.63, 3.8) is 0 Å². The highest BCUT2D eigenvalue weighted by Gasteiger charge is 2.41. The van der Waals surface area contributed by atoms with Crippen LogP contribution in [0, 0.1) is 0 Å². The quantitative estimate of drug-likeness (QED) is 0.231. The number of carbonyl (C=O) groups excluding carboxylic acids is 1. The van der Waals surface area contributed by atoms with Gasteiger partial charge in [0, 0.05) is 18.9 Å². The normalized spacial score (nSPS) is 17.2. The summed E-state index contributed by atoms with van der Waals surface area (Å²) in [7, 11) is 0. The molecule has 0 saturated heterocycles. The monoisotopic (exact) mass is 348 g/mol. The number of allylic oxidation sites excluding steroid dienone is 5. The molecule has 0 aromatic carbocycles. The van der Waals surface area contributed by atoms with Gasteiger partial charge in [-0.3, -0.25) is 0 Å². The van der Waals surface area contributed by atoms with Gasteiger partial charge in [-0.1, -0.05) is 19.9 Å². The molecule has 2 aliphatic rings. The molecule has 5 heteroatoms. The lowest BCUT2D eigenvalue weighted by molar-refractivity contribution is -0.345. The standard InChI is InChI=1S/C20H28O5/c1-3-5-10-15-23-20(16-22-19(21)4-2,24-17-11-6-7-12-17)25-18-13-8-9-14-18/h4,10-11,13,15H,2-3,5-9,12,14,16H2,1H3. The van der Waals surface area contributed by atoms with Crippen molar-refractivity contribution >= 4 is 5.97 Å². The van der Waals surface area contributed by atoms with Crippen LogP contribution in [0.25, 0.3) is 0 Å². The molecular formula is C20H28O5. The van der Waals surface area contributed by atoms with Crippen molar-refractivity contribution in [1.29, 1.82) is 0 Å². The number of hydrogen-bond acceptors (Lipinski definition) is 5. The second kappa shape index (κ2) is 9.97. The highest BCUT2D eigenvalue weighted by atomic mass is 16.9. The molecule has 0 aromatic heterocycles. The molecule has 0 aliphatic heterocycles. The molecule has 2 rings (SSSR count). The van der Waals surface area contributed by atoms with Crippen LogP contribution in [0.5, 0.6) is 0 Å². The van der Waals surface area contributed by atoms with Gasteiger partial charge in [-0.05, 0) is 50.3 Å². The lowest BCUT2D eigenvalue weighted by Gasteiger charge is -2.33. The van der Waals surface area contributed by atoms with Gasteiger partial charge in [-0.15, -0.1) is 0 Å². The van der Waals surface area contributed by atoms with Crippen molar-refractivity contribution in [2.45, 2.75) is 64.3 Å². The zero-order valence-corrected chi connectivity index (χ0v) is 15.0. The van der Waals surface area contributed by atoms with Crippen molar-refractivity contribution < 1.29 is 23.7 Å². The Morgan fingerprint density at radius 3 is 2.32 bits per heavy atom. The van der Waals surface area contributed by atoms with Crippen LogP contribution in [-0.4, -0.2) is 18.5 Å². The van der Waals surface area contributed by atoms with Crippen molar-refractivity contribution in [1.82, 2.24) is 0 Å². The van der Waals surface area contributed by atoms with Gasteiger partial charge in [0.05, 0.1) is 6.26 Å². The van der Waals surface area contributed by atoms with E-state index in [2.05, 4.69) is 13.5 Å². The third-order valence-electron chi connectivity index (χ3n) is 3.93. The number of hydrogen-bond donors (Lipinski definition) is 0. The summed E-state index contributed by atoms with van der Waals surface area (Å²) in [6.07, 6.45) is 16.2. The maximum absolute atomic E-state index is 11.6. The molecule has 0 saturated carbocycles. The minimum absolute atomic E-state index is 0.178. The summed E-state index contributed by atoms with van der Waals surface area (Å²) in [6, 6.07) is 0. The van der Waals surface area contributed by atoms with E-state index in [1.807, 2.05) is 18.2 Å². The number of rotatable bonds is 11. The van der Waals surface area contributed by atoms with Crippen LogP contribution >= 0.6 is 0 Å². The van der Waals surface area contributed by atoms with Gasteiger partial charge in [0.1, 0.15) is 11.5 Å². The fraction of sp³-hybridized carbons (Fsp3) is 0.550. The molecule has 0 unspecified atom stereocenters. The van der Waals surface area contributed by atoms with Crippen LogP contribution in [0.3, 0.4) is 0 Å². The molecule has 0 aromatic rings. The second-order valence-electron chi connectivity index (χ2n) is 6.10. The summed E-state index contributed by atoms with van der Waals surface area (Å²) >= 11 is 0. The summed E-state index contributed by atoms with van der Waals surface area (Å²) in [6.45, 7) is 5.33. The highest BCUT2D eigenvalue weighted by Crippen LogP contribution is 2.32. The Kier molecular flexibility index (Phi) is 7.64. The van der Waals surface area contributed by atoms with E-state index in [1.54, 1.807) is 6.26 Å². The van der Waals surface area contributed by atoms with E-state index < -0.39 is 11.9 Å². The molecule has 0 bridgehead atoms. The van der Waals surface area contributed by atoms with Gasteiger partial charge in [-0.2, -0.15) is 0 Å². The molecular weight excluding hydrogens is 320 g/mol. The summed E-state index contributed by atoms with van der Waals surface area (Å²) in [5, 5.41) is 0. The second-order valence-corrected chi connectivity index (χ2v) is 6.10. The maximum atomic E-state index is 11.6. The van der Waals surface area contributed by atoms with Gasteiger partial charge in [-0.25, -0.2) is 4.79 Å². The predicted molar refractivity (Wildman–Crippen MR) is 95.1 cm³/mol. The molecule has 0 amide bonds. The van der Waals surface area contributed by atoms with Crippen molar-refractivity contribution in [3.8, 4) is 0 Å². The van der Waals surface area contributed by atoms with Gasteiger partial charge < -0.3 is 18.9 Å². The Morgan fingerprint density at radius 2 is 1.84 bits per heavy atom. The van der Waals surface area contributed by atoms with E-state index in [-0.39, 0.29) is 6.61 Å². The minimum Gasteiger partial charge on any atom is -0.450 e. The summed E-state index contributed by atoms with van der Waals surface area (Å²) in [4.78, 5) is 11.6. The predicted octanol–water partition coefficient (Wildman–Crippen LogP) is 4.87. The first-order valence-electron chi connectivity index (χ1n) is 9.05. The van der Waals surface area contributed by atoms with Crippen LogP contribution in [0.4, 0.5) is 0 Å². The van der Waals surface area contributed by atoms with Gasteiger partial charge >= 0.3 is 11.9 Å². The molecule has 0 fully saturated rings. The Bertz CT molecular complexity index is 518. The molecule has 0 spiro atoms. The third kappa shape index (κ3) is 6.33. The Balaban J connectivity index is 2.16. The number of unbranched alkanes of at least 4 members (excludes halogenated alkanes) is 1. The van der Waals surface area contributed by atoms with Crippen LogP contribution in [0.1, 0.15) is 58.3 Å². The van der Waals surface area contributed by atoms with Crippen molar-refractivity contribution in [2.24, 2.45) is 0 Å². The Morgan fingerprint density at radius 1 is 1.20 bits per heavy atom. The van der Waals surface area contributed by atoms with E-state index in [1.165, 1.54) is 0 Å². The van der Waals surface area contributed by atoms with Crippen molar-refractivity contribution in [3.05, 3.63) is 48.7 Å². The molecule has 2 aliphatic carbocycles. The fourth-order valence-electron chi connectivity index (χ4n) is 2.63. The molecule has 0 heterocycles. The highest BCUT2D eigenvalue weighted by molar-refractivity contribution is 5.81. The van der Waals surface area contributed by atoms with Gasteiger partial charge in [0.15, 0.2) is 0 Å². The number of ether oxygens (including phenoxy) is 4. The third-order valence-corrected chi connectivity index (χ3v) is 3.93. The summed E-state index contributed by atoms with van der Waals surface area (Å²) < 4.78 is 23.1. The first-order chi connectivity index (χ1) is 12.2. The zero-order valence-electron chi connectivity index (χ0n) is 15.0. The topological polar surface area (TPSA) is 54.0 Å². The first kappa shape index (κ1) is 19.2. The lowest BCUT2D eigenvalue weighted by Crippen LogP contribution is -2.42. The average molecular weight is 348 g/mol. The van der Waals surface area contributed by atoms with Crippen LogP contribution in [0.15, 0.2) is 48.7 Å². The molecule has 25 heavy (non-hydrogen) atoms. The van der Waals surface area contributed by atoms with Crippen LogP contribution in [-0.2, 0) is 23.7 Å². The fourth-order valence-corrected chi connectivity index (χ4v) is 2.63. The summed E-state index contributed by atoms with van der Waals surface area (Å²) in [5.74, 6) is -0.442. The Hall–Kier alpha value is -2.17. The van der Waals surface area contributed by atoms with Crippen LogP contribution in [0.2, 0.25) is 0 Å². The molecule has 5 nitrogen and oxygen atoms in total. The zero-order chi connectivity index (χ0) is 18.0. The van der Waals surface area contributed by atoms with Gasteiger partial charge in [0.25, 0.3) is 0 Å². The largest absolute Gasteiger partial charge is 0.452 e. The Labute approximate surface area is 150 Å². The van der Waals surface area contributed by atoms with E-state index in [0.29, 0.717) is 0 Å². The van der Waals surface area contributed by atoms with Gasteiger partial charge in [0.2, 0.25) is 6.61 Å². The van der Waals surface area contributed by atoms with E-state index in [9.17, 15) is 4.79 Å². The summed E-state index contributed by atoms with van der Waals surface area (Å²) in [5.41, 5.74) is 0. The van der Waals surface area contributed by atoms with Crippen LogP contribution < -0.4 is 0 Å². The van der Waals surface area contributed by atoms with E-state index in [0.717, 1.165) is 69.0 Å². The average Bonchev–Trinajstić information content (AvgIpc) is 3.30. The molecule has 138 valence electrons. The lowest BCUT2D eigenvalue weighted by atomic mass is 10.3. The van der Waals surface area contributed by atoms with E-state index in [4.69, 9.17) is 18.9 Å².